The molecule has 0 amide bonds. The summed E-state index contributed by atoms with van der Waals surface area (Å²) in [4.78, 5) is 2.50. The Bertz CT molecular complexity index is 212. The van der Waals surface area contributed by atoms with Gasteiger partial charge in [-0.05, 0) is 66.1 Å². The summed E-state index contributed by atoms with van der Waals surface area (Å²) in [7, 11) is 4.05. The minimum Gasteiger partial charge on any atom is -0.379 e. The Kier molecular flexibility index (Phi) is 5.90. The van der Waals surface area contributed by atoms with Crippen LogP contribution in [0.4, 0.5) is 0 Å². The van der Waals surface area contributed by atoms with Crippen LogP contribution in [0.1, 0.15) is 40.0 Å². The molecule has 3 heteroatoms. The van der Waals surface area contributed by atoms with Crippen molar-refractivity contribution in [2.24, 2.45) is 5.92 Å². The lowest BCUT2D eigenvalue weighted by Gasteiger charge is -2.35. The molecule has 0 bridgehead atoms. The molecule has 0 aromatic heterocycles. The molecule has 3 nitrogen and oxygen atoms in total. The van der Waals surface area contributed by atoms with E-state index in [1.54, 1.807) is 7.11 Å². The van der Waals surface area contributed by atoms with Gasteiger partial charge in [0.25, 0.3) is 0 Å². The Morgan fingerprint density at radius 1 is 1.35 bits per heavy atom. The molecule has 0 aliphatic carbocycles. The molecule has 1 rings (SSSR count). The van der Waals surface area contributed by atoms with Gasteiger partial charge in [-0.1, -0.05) is 0 Å². The molecular formula is C14H30N2O. The summed E-state index contributed by atoms with van der Waals surface area (Å²) in [6.45, 7) is 10.3. The van der Waals surface area contributed by atoms with Gasteiger partial charge in [-0.3, -0.25) is 0 Å². The van der Waals surface area contributed by atoms with Crippen LogP contribution >= 0.6 is 0 Å². The van der Waals surface area contributed by atoms with Crippen molar-refractivity contribution in [3.05, 3.63) is 0 Å². The third kappa shape index (κ3) is 5.36. The average molecular weight is 242 g/mol. The van der Waals surface area contributed by atoms with Crippen LogP contribution in [0.2, 0.25) is 0 Å². The predicted molar refractivity (Wildman–Crippen MR) is 73.4 cm³/mol. The molecule has 1 saturated heterocycles. The molecule has 0 saturated carbocycles. The van der Waals surface area contributed by atoms with Crippen LogP contribution in [0, 0.1) is 5.92 Å². The van der Waals surface area contributed by atoms with Crippen molar-refractivity contribution in [1.29, 1.82) is 0 Å². The zero-order chi connectivity index (χ0) is 12.9. The second kappa shape index (κ2) is 6.72. The zero-order valence-electron chi connectivity index (χ0n) is 12.3. The third-order valence-electron chi connectivity index (χ3n) is 4.10. The minimum absolute atomic E-state index is 0.0121. The van der Waals surface area contributed by atoms with Crippen molar-refractivity contribution in [1.82, 2.24) is 10.2 Å². The molecular weight excluding hydrogens is 212 g/mol. The van der Waals surface area contributed by atoms with Crippen molar-refractivity contribution >= 4 is 0 Å². The lowest BCUT2D eigenvalue weighted by molar-refractivity contribution is -0.00502. The van der Waals surface area contributed by atoms with Gasteiger partial charge in [0.1, 0.15) is 0 Å². The molecule has 0 spiro atoms. The number of ether oxygens (including phenoxy) is 1. The van der Waals surface area contributed by atoms with E-state index in [9.17, 15) is 0 Å². The maximum absolute atomic E-state index is 5.51. The van der Waals surface area contributed by atoms with Crippen LogP contribution in [0.3, 0.4) is 0 Å². The number of hydrogen-bond donors (Lipinski definition) is 1. The molecule has 1 atom stereocenters. The first-order chi connectivity index (χ1) is 7.94. The summed E-state index contributed by atoms with van der Waals surface area (Å²) >= 11 is 0. The summed E-state index contributed by atoms with van der Waals surface area (Å²) in [5, 5.41) is 3.43. The van der Waals surface area contributed by atoms with Crippen LogP contribution in [-0.4, -0.2) is 50.3 Å². The first-order valence-corrected chi connectivity index (χ1v) is 6.91. The molecule has 0 aromatic carbocycles. The maximum Gasteiger partial charge on any atom is 0.0637 e. The molecule has 17 heavy (non-hydrogen) atoms. The van der Waals surface area contributed by atoms with Gasteiger partial charge in [0, 0.05) is 19.7 Å². The van der Waals surface area contributed by atoms with Gasteiger partial charge in [0.15, 0.2) is 0 Å². The third-order valence-corrected chi connectivity index (χ3v) is 4.10. The van der Waals surface area contributed by atoms with E-state index in [0.717, 1.165) is 12.3 Å². The van der Waals surface area contributed by atoms with Crippen LogP contribution in [0.25, 0.3) is 0 Å². The molecule has 0 radical (unpaired) electrons. The molecule has 1 N–H and O–H groups in total. The van der Waals surface area contributed by atoms with Gasteiger partial charge >= 0.3 is 0 Å². The van der Waals surface area contributed by atoms with Crippen LogP contribution in [0.15, 0.2) is 0 Å². The smallest absolute Gasteiger partial charge is 0.0637 e. The quantitative estimate of drug-likeness (QED) is 0.772. The van der Waals surface area contributed by atoms with Crippen molar-refractivity contribution in [2.45, 2.75) is 51.7 Å². The standard InChI is InChI=1S/C14H30N2O/c1-12(10-14(2,3)17-5)16(4)11-13-6-8-15-9-7-13/h12-13,15H,6-11H2,1-5H3. The second-order valence-corrected chi connectivity index (χ2v) is 6.15. The lowest BCUT2D eigenvalue weighted by Crippen LogP contribution is -2.41. The summed E-state index contributed by atoms with van der Waals surface area (Å²) in [6.07, 6.45) is 3.74. The van der Waals surface area contributed by atoms with Crippen LogP contribution in [0.5, 0.6) is 0 Å². The fraction of sp³-hybridized carbons (Fsp3) is 1.00. The molecule has 1 aliphatic rings. The Morgan fingerprint density at radius 3 is 2.47 bits per heavy atom. The van der Waals surface area contributed by atoms with E-state index in [0.29, 0.717) is 6.04 Å². The van der Waals surface area contributed by atoms with Gasteiger partial charge in [-0.15, -0.1) is 0 Å². The largest absolute Gasteiger partial charge is 0.379 e. The van der Waals surface area contributed by atoms with E-state index >= 15 is 0 Å². The van der Waals surface area contributed by atoms with Gasteiger partial charge in [0.2, 0.25) is 0 Å². The Balaban J connectivity index is 2.32. The van der Waals surface area contributed by atoms with Gasteiger partial charge in [-0.25, -0.2) is 0 Å². The highest BCUT2D eigenvalue weighted by molar-refractivity contribution is 4.79. The maximum atomic E-state index is 5.51. The number of methoxy groups -OCH3 is 1. The Hall–Kier alpha value is -0.120. The fourth-order valence-corrected chi connectivity index (χ4v) is 2.60. The van der Waals surface area contributed by atoms with E-state index in [1.807, 2.05) is 0 Å². The number of nitrogens with zero attached hydrogens (tertiary/aromatic N) is 1. The fourth-order valence-electron chi connectivity index (χ4n) is 2.60. The molecule has 0 aromatic rings. The van der Waals surface area contributed by atoms with E-state index in [1.165, 1.54) is 32.5 Å². The summed E-state index contributed by atoms with van der Waals surface area (Å²) in [5.74, 6) is 0.870. The lowest BCUT2D eigenvalue weighted by atomic mass is 9.95. The van der Waals surface area contributed by atoms with Crippen molar-refractivity contribution in [3.63, 3.8) is 0 Å². The molecule has 102 valence electrons. The number of piperidine rings is 1. The number of nitrogens with one attached hydrogen (secondary N) is 1. The Morgan fingerprint density at radius 2 is 1.94 bits per heavy atom. The molecule has 1 heterocycles. The van der Waals surface area contributed by atoms with E-state index in [-0.39, 0.29) is 5.60 Å². The van der Waals surface area contributed by atoms with Gasteiger partial charge in [-0.2, -0.15) is 0 Å². The van der Waals surface area contributed by atoms with Crippen molar-refractivity contribution in [3.8, 4) is 0 Å². The Labute approximate surface area is 107 Å². The first-order valence-electron chi connectivity index (χ1n) is 6.91. The first kappa shape index (κ1) is 14.9. The van der Waals surface area contributed by atoms with Crippen molar-refractivity contribution < 1.29 is 4.74 Å². The van der Waals surface area contributed by atoms with Gasteiger partial charge < -0.3 is 15.0 Å². The van der Waals surface area contributed by atoms with Crippen LogP contribution in [-0.2, 0) is 4.74 Å². The van der Waals surface area contributed by atoms with E-state index in [4.69, 9.17) is 4.74 Å². The predicted octanol–water partition coefficient (Wildman–Crippen LogP) is 2.12. The summed E-state index contributed by atoms with van der Waals surface area (Å²) in [5.41, 5.74) is -0.0121. The molecule has 1 fully saturated rings. The summed E-state index contributed by atoms with van der Waals surface area (Å²) in [6, 6.07) is 0.583. The van der Waals surface area contributed by atoms with E-state index < -0.39 is 0 Å². The molecule has 1 unspecified atom stereocenters. The average Bonchev–Trinajstić information content (AvgIpc) is 2.30. The van der Waals surface area contributed by atoms with Crippen molar-refractivity contribution in [2.75, 3.05) is 33.8 Å². The minimum atomic E-state index is -0.0121. The number of rotatable bonds is 6. The SMILES string of the molecule is COC(C)(C)CC(C)N(C)CC1CCNCC1. The highest BCUT2D eigenvalue weighted by Gasteiger charge is 2.24. The highest BCUT2D eigenvalue weighted by atomic mass is 16.5. The highest BCUT2D eigenvalue weighted by Crippen LogP contribution is 2.20. The van der Waals surface area contributed by atoms with Gasteiger partial charge in [0.05, 0.1) is 5.60 Å². The number of hydrogen-bond acceptors (Lipinski definition) is 3. The van der Waals surface area contributed by atoms with Crippen LogP contribution < -0.4 is 5.32 Å². The summed E-state index contributed by atoms with van der Waals surface area (Å²) < 4.78 is 5.51. The zero-order valence-corrected chi connectivity index (χ0v) is 12.3. The van der Waals surface area contributed by atoms with E-state index in [2.05, 4.69) is 38.0 Å². The second-order valence-electron chi connectivity index (χ2n) is 6.15. The molecule has 1 aliphatic heterocycles. The topological polar surface area (TPSA) is 24.5 Å². The monoisotopic (exact) mass is 242 g/mol. The normalized spacial score (nSPS) is 20.8.